The second kappa shape index (κ2) is 9.17. The number of amides is 2. The zero-order chi connectivity index (χ0) is 21.7. The van der Waals surface area contributed by atoms with Crippen LogP contribution in [0.15, 0.2) is 53.4 Å². The van der Waals surface area contributed by atoms with Gasteiger partial charge in [-0.05, 0) is 55.3 Å². The molecule has 0 bridgehead atoms. The molecule has 0 aromatic heterocycles. The SMILES string of the molecule is COc1ccc(NS(=O)(=O)c2cccc(C(=O)N3CCC(NC(C)=O)CC3)c2)cc1. The zero-order valence-electron chi connectivity index (χ0n) is 16.9. The molecule has 0 atom stereocenters. The van der Waals surface area contributed by atoms with Gasteiger partial charge in [0.05, 0.1) is 12.0 Å². The minimum Gasteiger partial charge on any atom is -0.497 e. The zero-order valence-corrected chi connectivity index (χ0v) is 17.7. The number of sulfonamides is 1. The normalized spacial score (nSPS) is 14.8. The first kappa shape index (κ1) is 21.6. The maximum Gasteiger partial charge on any atom is 0.261 e. The van der Waals surface area contributed by atoms with Gasteiger partial charge in [0, 0.05) is 37.3 Å². The summed E-state index contributed by atoms with van der Waals surface area (Å²) in [7, 11) is -2.32. The highest BCUT2D eigenvalue weighted by atomic mass is 32.2. The molecule has 0 radical (unpaired) electrons. The number of likely N-dealkylation sites (tertiary alicyclic amines) is 1. The van der Waals surface area contributed by atoms with Crippen molar-refractivity contribution in [3.05, 3.63) is 54.1 Å². The Bertz CT molecular complexity index is 1010. The van der Waals surface area contributed by atoms with Gasteiger partial charge in [0.25, 0.3) is 15.9 Å². The van der Waals surface area contributed by atoms with Crippen LogP contribution in [0.4, 0.5) is 5.69 Å². The number of benzene rings is 2. The molecule has 1 aliphatic rings. The number of nitrogens with zero attached hydrogens (tertiary/aromatic N) is 1. The molecule has 2 N–H and O–H groups in total. The Labute approximate surface area is 176 Å². The summed E-state index contributed by atoms with van der Waals surface area (Å²) in [6.07, 6.45) is 1.34. The first-order chi connectivity index (χ1) is 14.3. The number of ether oxygens (including phenoxy) is 1. The number of methoxy groups -OCH3 is 1. The van der Waals surface area contributed by atoms with Crippen LogP contribution in [0, 0.1) is 0 Å². The van der Waals surface area contributed by atoms with E-state index in [1.165, 1.54) is 26.2 Å². The van der Waals surface area contributed by atoms with Crippen LogP contribution < -0.4 is 14.8 Å². The van der Waals surface area contributed by atoms with Crippen molar-refractivity contribution in [2.75, 3.05) is 24.9 Å². The van der Waals surface area contributed by atoms with Gasteiger partial charge >= 0.3 is 0 Å². The van der Waals surface area contributed by atoms with Crippen molar-refractivity contribution in [2.45, 2.75) is 30.7 Å². The quantitative estimate of drug-likeness (QED) is 0.730. The Kier molecular flexibility index (Phi) is 6.61. The van der Waals surface area contributed by atoms with Crippen molar-refractivity contribution in [3.63, 3.8) is 0 Å². The standard InChI is InChI=1S/C21H25N3O5S/c1-15(25)22-17-10-12-24(13-11-17)21(26)16-4-3-5-20(14-16)30(27,28)23-18-6-8-19(29-2)9-7-18/h3-9,14,17,23H,10-13H2,1-2H3,(H,22,25). The number of anilines is 1. The van der Waals surface area contributed by atoms with E-state index < -0.39 is 10.0 Å². The van der Waals surface area contributed by atoms with Crippen LogP contribution >= 0.6 is 0 Å². The smallest absolute Gasteiger partial charge is 0.261 e. The highest BCUT2D eigenvalue weighted by Crippen LogP contribution is 2.21. The molecule has 1 fully saturated rings. The van der Waals surface area contributed by atoms with Crippen LogP contribution in [-0.4, -0.2) is 51.4 Å². The summed E-state index contributed by atoms with van der Waals surface area (Å²) in [4.78, 5) is 25.7. The Balaban J connectivity index is 1.70. The van der Waals surface area contributed by atoms with Gasteiger partial charge in [-0.1, -0.05) is 6.07 Å². The third-order valence-electron chi connectivity index (χ3n) is 4.92. The molecular weight excluding hydrogens is 406 g/mol. The highest BCUT2D eigenvalue weighted by Gasteiger charge is 2.25. The fourth-order valence-electron chi connectivity index (χ4n) is 3.37. The largest absolute Gasteiger partial charge is 0.497 e. The summed E-state index contributed by atoms with van der Waals surface area (Å²) in [5.41, 5.74) is 0.707. The van der Waals surface area contributed by atoms with Crippen molar-refractivity contribution in [1.29, 1.82) is 0 Å². The van der Waals surface area contributed by atoms with Crippen LogP contribution in [0.2, 0.25) is 0 Å². The Morgan fingerprint density at radius 1 is 1.07 bits per heavy atom. The first-order valence-electron chi connectivity index (χ1n) is 9.62. The molecule has 2 amide bonds. The lowest BCUT2D eigenvalue weighted by Crippen LogP contribution is -2.46. The lowest BCUT2D eigenvalue weighted by Gasteiger charge is -2.32. The van der Waals surface area contributed by atoms with Crippen molar-refractivity contribution >= 4 is 27.5 Å². The summed E-state index contributed by atoms with van der Waals surface area (Å²) in [6.45, 7) is 2.49. The molecule has 2 aromatic rings. The molecule has 0 aliphatic carbocycles. The Morgan fingerprint density at radius 2 is 1.73 bits per heavy atom. The summed E-state index contributed by atoms with van der Waals surface area (Å²) < 4.78 is 33.1. The van der Waals surface area contributed by atoms with Gasteiger partial charge in [-0.25, -0.2) is 8.42 Å². The van der Waals surface area contributed by atoms with Crippen LogP contribution in [-0.2, 0) is 14.8 Å². The van der Waals surface area contributed by atoms with E-state index in [-0.39, 0.29) is 22.8 Å². The molecule has 2 aromatic carbocycles. The van der Waals surface area contributed by atoms with E-state index in [4.69, 9.17) is 4.74 Å². The lowest BCUT2D eigenvalue weighted by molar-refractivity contribution is -0.119. The van der Waals surface area contributed by atoms with Crippen molar-refractivity contribution < 1.29 is 22.7 Å². The van der Waals surface area contributed by atoms with Crippen molar-refractivity contribution in [1.82, 2.24) is 10.2 Å². The predicted octanol–water partition coefficient (Wildman–Crippen LogP) is 2.24. The minimum atomic E-state index is -3.85. The number of nitrogens with one attached hydrogen (secondary N) is 2. The molecule has 1 aliphatic heterocycles. The number of piperidine rings is 1. The maximum atomic E-state index is 12.8. The van der Waals surface area contributed by atoms with Crippen LogP contribution in [0.5, 0.6) is 5.75 Å². The molecule has 0 spiro atoms. The van der Waals surface area contributed by atoms with E-state index in [9.17, 15) is 18.0 Å². The third kappa shape index (κ3) is 5.29. The van der Waals surface area contributed by atoms with Gasteiger partial charge in [-0.3, -0.25) is 14.3 Å². The molecule has 3 rings (SSSR count). The summed E-state index contributed by atoms with van der Waals surface area (Å²) >= 11 is 0. The van der Waals surface area contributed by atoms with Gasteiger partial charge in [0.2, 0.25) is 5.91 Å². The number of carbonyl (C=O) groups excluding carboxylic acids is 2. The molecule has 30 heavy (non-hydrogen) atoms. The van der Waals surface area contributed by atoms with E-state index in [1.54, 1.807) is 41.3 Å². The van der Waals surface area contributed by atoms with Gasteiger partial charge in [-0.15, -0.1) is 0 Å². The summed E-state index contributed by atoms with van der Waals surface area (Å²) in [6, 6.07) is 12.6. The summed E-state index contributed by atoms with van der Waals surface area (Å²) in [5.74, 6) is 0.313. The van der Waals surface area contributed by atoms with Crippen LogP contribution in [0.1, 0.15) is 30.1 Å². The van der Waals surface area contributed by atoms with E-state index in [1.807, 2.05) is 0 Å². The van der Waals surface area contributed by atoms with E-state index in [0.29, 0.717) is 42.9 Å². The number of rotatable bonds is 6. The average Bonchev–Trinajstić information content (AvgIpc) is 2.74. The second-order valence-corrected chi connectivity index (χ2v) is 8.81. The predicted molar refractivity (Wildman–Crippen MR) is 113 cm³/mol. The molecule has 1 heterocycles. The number of hydrogen-bond acceptors (Lipinski definition) is 5. The number of hydrogen-bond donors (Lipinski definition) is 2. The average molecular weight is 432 g/mol. The number of carbonyl (C=O) groups is 2. The Morgan fingerprint density at radius 3 is 2.33 bits per heavy atom. The first-order valence-corrected chi connectivity index (χ1v) is 11.1. The third-order valence-corrected chi connectivity index (χ3v) is 6.30. The van der Waals surface area contributed by atoms with Gasteiger partial charge in [-0.2, -0.15) is 0 Å². The van der Waals surface area contributed by atoms with Gasteiger partial charge in [0.15, 0.2) is 0 Å². The molecule has 1 saturated heterocycles. The molecule has 8 nitrogen and oxygen atoms in total. The van der Waals surface area contributed by atoms with Crippen LogP contribution in [0.25, 0.3) is 0 Å². The van der Waals surface area contributed by atoms with E-state index in [2.05, 4.69) is 10.0 Å². The Hall–Kier alpha value is -3.07. The van der Waals surface area contributed by atoms with E-state index in [0.717, 1.165) is 0 Å². The monoisotopic (exact) mass is 431 g/mol. The van der Waals surface area contributed by atoms with Gasteiger partial charge < -0.3 is 15.0 Å². The molecule has 0 saturated carbocycles. The minimum absolute atomic E-state index is 0.0114. The van der Waals surface area contributed by atoms with Crippen molar-refractivity contribution in [3.8, 4) is 5.75 Å². The second-order valence-electron chi connectivity index (χ2n) is 7.13. The summed E-state index contributed by atoms with van der Waals surface area (Å²) in [5, 5.41) is 2.87. The topological polar surface area (TPSA) is 105 Å². The fourth-order valence-corrected chi connectivity index (χ4v) is 4.47. The van der Waals surface area contributed by atoms with Crippen molar-refractivity contribution in [2.24, 2.45) is 0 Å². The van der Waals surface area contributed by atoms with Gasteiger partial charge in [0.1, 0.15) is 5.75 Å². The molecule has 160 valence electrons. The molecular formula is C21H25N3O5S. The fraction of sp³-hybridized carbons (Fsp3) is 0.333. The highest BCUT2D eigenvalue weighted by molar-refractivity contribution is 7.92. The van der Waals surface area contributed by atoms with E-state index >= 15 is 0 Å². The van der Waals surface area contributed by atoms with Crippen LogP contribution in [0.3, 0.4) is 0 Å². The molecule has 0 unspecified atom stereocenters. The lowest BCUT2D eigenvalue weighted by atomic mass is 10.0. The maximum absolute atomic E-state index is 12.8. The molecule has 9 heteroatoms.